The van der Waals surface area contributed by atoms with Crippen LogP contribution in [0.25, 0.3) is 11.1 Å². The summed E-state index contributed by atoms with van der Waals surface area (Å²) in [5.41, 5.74) is 2.30. The molecule has 20 heavy (non-hydrogen) atoms. The van der Waals surface area contributed by atoms with Crippen molar-refractivity contribution in [3.63, 3.8) is 0 Å². The quantitative estimate of drug-likeness (QED) is 0.899. The molecule has 0 saturated carbocycles. The topological polar surface area (TPSA) is 59.6 Å². The lowest BCUT2D eigenvalue weighted by molar-refractivity contribution is 0.0383. The zero-order chi connectivity index (χ0) is 13.9. The van der Waals surface area contributed by atoms with Crippen molar-refractivity contribution < 1.29 is 13.9 Å². The van der Waals surface area contributed by atoms with E-state index in [-0.39, 0.29) is 5.91 Å². The second-order valence-corrected chi connectivity index (χ2v) is 4.97. The third-order valence-corrected chi connectivity index (χ3v) is 3.71. The van der Waals surface area contributed by atoms with Gasteiger partial charge in [0.2, 0.25) is 0 Å². The first kappa shape index (κ1) is 13.2. The summed E-state index contributed by atoms with van der Waals surface area (Å²) < 4.78 is 12.5. The van der Waals surface area contributed by atoms with Crippen LogP contribution in [-0.4, -0.2) is 54.8 Å². The molecule has 1 N–H and O–H groups in total. The fraction of sp³-hybridized carbons (Fsp3) is 0.500. The van der Waals surface area contributed by atoms with Gasteiger partial charge in [-0.1, -0.05) is 0 Å². The second kappa shape index (κ2) is 5.68. The molecule has 6 nitrogen and oxygen atoms in total. The molecule has 6 heteroatoms. The van der Waals surface area contributed by atoms with Crippen LogP contribution < -0.4 is 5.32 Å². The van der Waals surface area contributed by atoms with Crippen molar-refractivity contribution in [2.24, 2.45) is 7.05 Å². The zero-order valence-electron chi connectivity index (χ0n) is 11.6. The summed E-state index contributed by atoms with van der Waals surface area (Å²) in [5, 5.41) is 2.95. The van der Waals surface area contributed by atoms with Gasteiger partial charge in [0, 0.05) is 45.4 Å². The molecule has 0 atom stereocenters. The second-order valence-electron chi connectivity index (χ2n) is 4.97. The normalized spacial score (nSPS) is 16.6. The van der Waals surface area contributed by atoms with Gasteiger partial charge >= 0.3 is 0 Å². The van der Waals surface area contributed by atoms with Crippen LogP contribution >= 0.6 is 0 Å². The van der Waals surface area contributed by atoms with Crippen LogP contribution in [0.5, 0.6) is 0 Å². The average molecular weight is 277 g/mol. The first-order valence-corrected chi connectivity index (χ1v) is 6.87. The Kier molecular flexibility index (Phi) is 3.75. The number of aromatic nitrogens is 1. The number of nitrogens with one attached hydrogen (secondary N) is 1. The largest absolute Gasteiger partial charge is 0.463 e. The smallest absolute Gasteiger partial charge is 0.268 e. The molecule has 3 rings (SSSR count). The number of nitrogens with zero attached hydrogens (tertiary/aromatic N) is 2. The Hall–Kier alpha value is -1.79. The van der Waals surface area contributed by atoms with Crippen molar-refractivity contribution in [2.75, 3.05) is 39.4 Å². The number of ether oxygens (including phenoxy) is 1. The lowest BCUT2D eigenvalue weighted by atomic mass is 10.3. The Morgan fingerprint density at radius 3 is 2.95 bits per heavy atom. The summed E-state index contributed by atoms with van der Waals surface area (Å²) in [6.07, 6.45) is 1.63. The average Bonchev–Trinajstić information content (AvgIpc) is 3.03. The van der Waals surface area contributed by atoms with E-state index in [9.17, 15) is 4.79 Å². The summed E-state index contributed by atoms with van der Waals surface area (Å²) in [6.45, 7) is 4.94. The minimum absolute atomic E-state index is 0.0628. The minimum atomic E-state index is -0.0628. The van der Waals surface area contributed by atoms with Gasteiger partial charge in [-0.15, -0.1) is 0 Å². The van der Waals surface area contributed by atoms with Crippen molar-refractivity contribution in [1.82, 2.24) is 14.8 Å². The van der Waals surface area contributed by atoms with E-state index >= 15 is 0 Å². The van der Waals surface area contributed by atoms with E-state index in [1.807, 2.05) is 17.7 Å². The first-order valence-electron chi connectivity index (χ1n) is 6.87. The molecule has 1 saturated heterocycles. The Morgan fingerprint density at radius 2 is 2.20 bits per heavy atom. The molecular formula is C14H19N3O3. The number of fused-ring (bicyclic) bond motifs is 1. The molecule has 108 valence electrons. The van der Waals surface area contributed by atoms with Gasteiger partial charge in [0.05, 0.1) is 25.0 Å². The predicted molar refractivity (Wildman–Crippen MR) is 74.8 cm³/mol. The molecule has 1 fully saturated rings. The summed E-state index contributed by atoms with van der Waals surface area (Å²) in [7, 11) is 1.87. The molecule has 1 aliphatic rings. The first-order chi connectivity index (χ1) is 9.75. The van der Waals surface area contributed by atoms with Crippen molar-refractivity contribution in [3.05, 3.63) is 24.1 Å². The third kappa shape index (κ3) is 2.57. The fourth-order valence-corrected chi connectivity index (χ4v) is 2.51. The fourth-order valence-electron chi connectivity index (χ4n) is 2.51. The van der Waals surface area contributed by atoms with Crippen molar-refractivity contribution >= 4 is 17.0 Å². The van der Waals surface area contributed by atoms with E-state index in [1.54, 1.807) is 12.3 Å². The number of hydrogen-bond donors (Lipinski definition) is 1. The number of rotatable bonds is 4. The number of aryl methyl sites for hydroxylation is 1. The molecule has 0 radical (unpaired) electrons. The SMILES string of the molecule is Cn1c(C(=O)NCCN2CCOCC2)cc2occc21. The van der Waals surface area contributed by atoms with Gasteiger partial charge in [-0.3, -0.25) is 9.69 Å². The van der Waals surface area contributed by atoms with Gasteiger partial charge in [-0.25, -0.2) is 0 Å². The summed E-state index contributed by atoms with van der Waals surface area (Å²) >= 11 is 0. The maximum Gasteiger partial charge on any atom is 0.268 e. The van der Waals surface area contributed by atoms with Gasteiger partial charge in [-0.05, 0) is 0 Å². The van der Waals surface area contributed by atoms with Gasteiger partial charge in [-0.2, -0.15) is 0 Å². The Labute approximate surface area is 117 Å². The molecule has 0 aromatic carbocycles. The van der Waals surface area contributed by atoms with Crippen LogP contribution in [-0.2, 0) is 11.8 Å². The monoisotopic (exact) mass is 277 g/mol. The van der Waals surface area contributed by atoms with Gasteiger partial charge < -0.3 is 19.0 Å². The number of morpholine rings is 1. The van der Waals surface area contributed by atoms with Crippen molar-refractivity contribution in [3.8, 4) is 0 Å². The number of furan rings is 1. The van der Waals surface area contributed by atoms with E-state index < -0.39 is 0 Å². The molecular weight excluding hydrogens is 258 g/mol. The van der Waals surface area contributed by atoms with Crippen LogP contribution in [0.1, 0.15) is 10.5 Å². The highest BCUT2D eigenvalue weighted by molar-refractivity contribution is 5.97. The van der Waals surface area contributed by atoms with Gasteiger partial charge in [0.25, 0.3) is 5.91 Å². The molecule has 3 heterocycles. The molecule has 2 aromatic rings. The summed E-state index contributed by atoms with van der Waals surface area (Å²) in [6, 6.07) is 3.64. The van der Waals surface area contributed by atoms with Crippen LogP contribution in [0.15, 0.2) is 22.8 Å². The van der Waals surface area contributed by atoms with Gasteiger partial charge in [0.15, 0.2) is 5.58 Å². The molecule has 0 spiro atoms. The number of carbonyl (C=O) groups is 1. The lowest BCUT2D eigenvalue weighted by Gasteiger charge is -2.26. The molecule has 1 aliphatic heterocycles. The molecule has 0 aliphatic carbocycles. The van der Waals surface area contributed by atoms with Gasteiger partial charge in [0.1, 0.15) is 5.69 Å². The molecule has 0 unspecified atom stereocenters. The highest BCUT2D eigenvalue weighted by Gasteiger charge is 2.15. The number of amides is 1. The maximum atomic E-state index is 12.2. The molecule has 1 amide bonds. The highest BCUT2D eigenvalue weighted by Crippen LogP contribution is 2.19. The van der Waals surface area contributed by atoms with Crippen LogP contribution in [0.4, 0.5) is 0 Å². The standard InChI is InChI=1S/C14H19N3O3/c1-16-11-2-7-20-13(11)10-12(16)14(18)15-3-4-17-5-8-19-9-6-17/h2,7,10H,3-6,8-9H2,1H3,(H,15,18). The molecule has 2 aromatic heterocycles. The summed E-state index contributed by atoms with van der Waals surface area (Å²) in [5.74, 6) is -0.0628. The summed E-state index contributed by atoms with van der Waals surface area (Å²) in [4.78, 5) is 14.5. The van der Waals surface area contributed by atoms with E-state index in [1.165, 1.54) is 0 Å². The van der Waals surface area contributed by atoms with Crippen LogP contribution in [0.2, 0.25) is 0 Å². The maximum absolute atomic E-state index is 12.2. The predicted octanol–water partition coefficient (Wildman–Crippen LogP) is 0.833. The number of carbonyl (C=O) groups excluding carboxylic acids is 1. The lowest BCUT2D eigenvalue weighted by Crippen LogP contribution is -2.41. The van der Waals surface area contributed by atoms with Crippen molar-refractivity contribution in [1.29, 1.82) is 0 Å². The van der Waals surface area contributed by atoms with E-state index in [2.05, 4.69) is 10.2 Å². The molecule has 0 bridgehead atoms. The zero-order valence-corrected chi connectivity index (χ0v) is 11.6. The Bertz CT molecular complexity index is 596. The number of hydrogen-bond acceptors (Lipinski definition) is 4. The minimum Gasteiger partial charge on any atom is -0.463 e. The van der Waals surface area contributed by atoms with Crippen LogP contribution in [0.3, 0.4) is 0 Å². The Morgan fingerprint density at radius 1 is 1.40 bits per heavy atom. The van der Waals surface area contributed by atoms with Crippen molar-refractivity contribution in [2.45, 2.75) is 0 Å². The van der Waals surface area contributed by atoms with E-state index in [4.69, 9.17) is 9.15 Å². The highest BCUT2D eigenvalue weighted by atomic mass is 16.5. The third-order valence-electron chi connectivity index (χ3n) is 3.71. The van der Waals surface area contributed by atoms with E-state index in [0.717, 1.165) is 43.9 Å². The van der Waals surface area contributed by atoms with E-state index in [0.29, 0.717) is 12.2 Å². The Balaban J connectivity index is 1.56. The van der Waals surface area contributed by atoms with Crippen LogP contribution in [0, 0.1) is 0 Å².